The van der Waals surface area contributed by atoms with Crippen LogP contribution in [0.15, 0.2) is 59.5 Å². The van der Waals surface area contributed by atoms with Gasteiger partial charge >= 0.3 is 0 Å². The van der Waals surface area contributed by atoms with E-state index >= 15 is 0 Å². The molecule has 0 radical (unpaired) electrons. The molecule has 2 aromatic carbocycles. The van der Waals surface area contributed by atoms with E-state index in [0.717, 1.165) is 18.4 Å². The van der Waals surface area contributed by atoms with Crippen molar-refractivity contribution < 1.29 is 13.2 Å². The zero-order valence-corrected chi connectivity index (χ0v) is 14.8. The van der Waals surface area contributed by atoms with Gasteiger partial charge in [-0.3, -0.25) is 4.79 Å². The Morgan fingerprint density at radius 1 is 1.08 bits per heavy atom. The van der Waals surface area contributed by atoms with Crippen LogP contribution in [-0.2, 0) is 15.6 Å². The average Bonchev–Trinajstić information content (AvgIpc) is 3.10. The van der Waals surface area contributed by atoms with Crippen molar-refractivity contribution in [3.63, 3.8) is 0 Å². The number of amides is 1. The molecule has 6 heteroatoms. The van der Waals surface area contributed by atoms with E-state index in [1.165, 1.54) is 12.1 Å². The molecule has 0 saturated carbocycles. The number of carbonyl (C=O) groups excluding carboxylic acids is 1. The van der Waals surface area contributed by atoms with Crippen molar-refractivity contribution >= 4 is 15.7 Å². The molecule has 1 aliphatic heterocycles. The summed E-state index contributed by atoms with van der Waals surface area (Å²) in [6, 6.07) is 15.3. The molecule has 0 aromatic heterocycles. The molecule has 5 nitrogen and oxygen atoms in total. The summed E-state index contributed by atoms with van der Waals surface area (Å²) in [7, 11) is -3.44. The highest BCUT2D eigenvalue weighted by Gasteiger charge is 2.28. The lowest BCUT2D eigenvalue weighted by Gasteiger charge is -2.23. The van der Waals surface area contributed by atoms with E-state index in [1.54, 1.807) is 29.2 Å². The van der Waals surface area contributed by atoms with Crippen LogP contribution in [-0.4, -0.2) is 38.4 Å². The van der Waals surface area contributed by atoms with Crippen molar-refractivity contribution in [1.29, 1.82) is 0 Å². The molecule has 25 heavy (non-hydrogen) atoms. The van der Waals surface area contributed by atoms with Crippen LogP contribution in [0.5, 0.6) is 0 Å². The predicted octanol–water partition coefficient (Wildman–Crippen LogP) is 2.22. The van der Waals surface area contributed by atoms with Gasteiger partial charge in [0.1, 0.15) is 0 Å². The molecule has 1 unspecified atom stereocenters. The van der Waals surface area contributed by atoms with E-state index < -0.39 is 9.84 Å². The summed E-state index contributed by atoms with van der Waals surface area (Å²) in [5.74, 6) is -0.136. The number of rotatable bonds is 5. The van der Waals surface area contributed by atoms with Crippen LogP contribution < -0.4 is 5.73 Å². The summed E-state index contributed by atoms with van der Waals surface area (Å²) in [4.78, 5) is 14.6. The average molecular weight is 358 g/mol. The Balaban J connectivity index is 1.76. The van der Waals surface area contributed by atoms with Crippen LogP contribution in [0.25, 0.3) is 0 Å². The fourth-order valence-corrected chi connectivity index (χ4v) is 4.54. The summed E-state index contributed by atoms with van der Waals surface area (Å²) in [5, 5.41) is 0. The standard InChI is InChI=1S/C19H22N2O3S/c20-13-17-7-4-12-21(17)19(22)16-8-10-18(11-9-16)25(23,24)14-15-5-2-1-3-6-15/h1-3,5-6,8-11,17H,4,7,12-14,20H2. The summed E-state index contributed by atoms with van der Waals surface area (Å²) >= 11 is 0. The van der Waals surface area contributed by atoms with Gasteiger partial charge < -0.3 is 10.6 Å². The van der Waals surface area contributed by atoms with E-state index in [2.05, 4.69) is 0 Å². The number of hydrogen-bond donors (Lipinski definition) is 1. The first-order valence-electron chi connectivity index (χ1n) is 8.39. The highest BCUT2D eigenvalue weighted by atomic mass is 32.2. The molecular weight excluding hydrogens is 336 g/mol. The lowest BCUT2D eigenvalue weighted by atomic mass is 10.1. The van der Waals surface area contributed by atoms with E-state index in [1.807, 2.05) is 18.2 Å². The quantitative estimate of drug-likeness (QED) is 0.889. The zero-order valence-electron chi connectivity index (χ0n) is 14.0. The fraction of sp³-hybridized carbons (Fsp3) is 0.316. The molecule has 1 amide bonds. The summed E-state index contributed by atoms with van der Waals surface area (Å²) in [6.45, 7) is 1.16. The molecule has 0 aliphatic carbocycles. The van der Waals surface area contributed by atoms with E-state index in [-0.39, 0.29) is 22.6 Å². The molecule has 3 rings (SSSR count). The first kappa shape index (κ1) is 17.6. The van der Waals surface area contributed by atoms with E-state index in [0.29, 0.717) is 18.7 Å². The SMILES string of the molecule is NCC1CCCN1C(=O)c1ccc(S(=O)(=O)Cc2ccccc2)cc1. The van der Waals surface area contributed by atoms with Crippen LogP contribution in [0.4, 0.5) is 0 Å². The van der Waals surface area contributed by atoms with Crippen molar-refractivity contribution in [2.75, 3.05) is 13.1 Å². The number of hydrogen-bond acceptors (Lipinski definition) is 4. The van der Waals surface area contributed by atoms with Gasteiger partial charge in [-0.05, 0) is 42.7 Å². The van der Waals surface area contributed by atoms with Gasteiger partial charge in [0.15, 0.2) is 9.84 Å². The van der Waals surface area contributed by atoms with Crippen LogP contribution in [0.3, 0.4) is 0 Å². The maximum absolute atomic E-state index is 12.6. The Morgan fingerprint density at radius 3 is 2.40 bits per heavy atom. The van der Waals surface area contributed by atoms with Crippen molar-refractivity contribution in [3.05, 3.63) is 65.7 Å². The molecule has 2 aromatic rings. The second-order valence-corrected chi connectivity index (χ2v) is 8.29. The van der Waals surface area contributed by atoms with Crippen molar-refractivity contribution in [2.24, 2.45) is 5.73 Å². The third-order valence-corrected chi connectivity index (χ3v) is 6.27. The monoisotopic (exact) mass is 358 g/mol. The van der Waals surface area contributed by atoms with Crippen molar-refractivity contribution in [1.82, 2.24) is 4.90 Å². The third-order valence-electron chi connectivity index (χ3n) is 4.57. The predicted molar refractivity (Wildman–Crippen MR) is 96.9 cm³/mol. The number of nitrogens with zero attached hydrogens (tertiary/aromatic N) is 1. The van der Waals surface area contributed by atoms with Gasteiger partial charge in [0.05, 0.1) is 10.6 Å². The fourth-order valence-electron chi connectivity index (χ4n) is 3.20. The number of nitrogens with two attached hydrogens (primary N) is 1. The minimum Gasteiger partial charge on any atom is -0.334 e. The van der Waals surface area contributed by atoms with Gasteiger partial charge in [0.2, 0.25) is 0 Å². The zero-order chi connectivity index (χ0) is 17.9. The number of benzene rings is 2. The van der Waals surface area contributed by atoms with Gasteiger partial charge in [-0.25, -0.2) is 8.42 Å². The Hall–Kier alpha value is -2.18. The molecule has 0 spiro atoms. The van der Waals surface area contributed by atoms with Crippen LogP contribution in [0.1, 0.15) is 28.8 Å². The minimum atomic E-state index is -3.44. The summed E-state index contributed by atoms with van der Waals surface area (Å²) in [5.41, 5.74) is 6.96. The molecule has 1 atom stereocenters. The largest absolute Gasteiger partial charge is 0.334 e. The highest BCUT2D eigenvalue weighted by molar-refractivity contribution is 7.90. The van der Waals surface area contributed by atoms with Crippen LogP contribution >= 0.6 is 0 Å². The second kappa shape index (κ2) is 7.37. The summed E-state index contributed by atoms with van der Waals surface area (Å²) < 4.78 is 25.1. The Labute approximate surface area is 148 Å². The minimum absolute atomic E-state index is 0.0531. The van der Waals surface area contributed by atoms with Gasteiger partial charge in [-0.2, -0.15) is 0 Å². The smallest absolute Gasteiger partial charge is 0.254 e. The van der Waals surface area contributed by atoms with Crippen molar-refractivity contribution in [2.45, 2.75) is 29.5 Å². The van der Waals surface area contributed by atoms with Crippen LogP contribution in [0, 0.1) is 0 Å². The Bertz CT molecular complexity index is 833. The second-order valence-electron chi connectivity index (χ2n) is 6.30. The van der Waals surface area contributed by atoms with E-state index in [4.69, 9.17) is 5.73 Å². The lowest BCUT2D eigenvalue weighted by molar-refractivity contribution is 0.0741. The van der Waals surface area contributed by atoms with Gasteiger partial charge in [-0.15, -0.1) is 0 Å². The molecular formula is C19H22N2O3S. The first-order chi connectivity index (χ1) is 12.0. The third kappa shape index (κ3) is 3.91. The summed E-state index contributed by atoms with van der Waals surface area (Å²) in [6.07, 6.45) is 1.88. The normalized spacial score (nSPS) is 17.6. The van der Waals surface area contributed by atoms with Gasteiger partial charge in [-0.1, -0.05) is 30.3 Å². The molecule has 1 fully saturated rings. The Morgan fingerprint density at radius 2 is 1.76 bits per heavy atom. The maximum atomic E-state index is 12.6. The van der Waals surface area contributed by atoms with Gasteiger partial charge in [0, 0.05) is 24.7 Å². The molecule has 2 N–H and O–H groups in total. The number of sulfone groups is 1. The highest BCUT2D eigenvalue weighted by Crippen LogP contribution is 2.21. The molecule has 1 aliphatic rings. The molecule has 1 heterocycles. The van der Waals surface area contributed by atoms with Crippen molar-refractivity contribution in [3.8, 4) is 0 Å². The molecule has 132 valence electrons. The maximum Gasteiger partial charge on any atom is 0.254 e. The van der Waals surface area contributed by atoms with Crippen LogP contribution in [0.2, 0.25) is 0 Å². The topological polar surface area (TPSA) is 80.5 Å². The number of carbonyl (C=O) groups is 1. The Kier molecular flexibility index (Phi) is 5.20. The van der Waals surface area contributed by atoms with E-state index in [9.17, 15) is 13.2 Å². The molecule has 0 bridgehead atoms. The van der Waals surface area contributed by atoms with Gasteiger partial charge in [0.25, 0.3) is 5.91 Å². The molecule has 1 saturated heterocycles. The lowest BCUT2D eigenvalue weighted by Crippen LogP contribution is -2.39. The first-order valence-corrected chi connectivity index (χ1v) is 10.0. The number of likely N-dealkylation sites (tertiary alicyclic amines) is 1.